The Hall–Kier alpha value is -1.36. The third-order valence-corrected chi connectivity index (χ3v) is 3.54. The average Bonchev–Trinajstić information content (AvgIpc) is 2.73. The van der Waals surface area contributed by atoms with E-state index in [1.165, 1.54) is 4.88 Å². The van der Waals surface area contributed by atoms with Crippen LogP contribution in [0.1, 0.15) is 31.6 Å². The highest BCUT2D eigenvalue weighted by atomic mass is 32.1. The van der Waals surface area contributed by atoms with E-state index in [4.69, 9.17) is 0 Å². The Balaban J connectivity index is 2.36. The van der Waals surface area contributed by atoms with Crippen LogP contribution in [-0.2, 0) is 0 Å². The van der Waals surface area contributed by atoms with Crippen LogP contribution in [0.5, 0.6) is 0 Å². The zero-order valence-electron chi connectivity index (χ0n) is 11.2. The molecule has 0 bridgehead atoms. The minimum Gasteiger partial charge on any atom is -0.369 e. The summed E-state index contributed by atoms with van der Waals surface area (Å²) in [6.07, 6.45) is 2.16. The first-order valence-electron chi connectivity index (χ1n) is 6.50. The smallest absolute Gasteiger partial charge is 0.226 e. The Labute approximate surface area is 112 Å². The average molecular weight is 264 g/mol. The molecule has 0 saturated heterocycles. The molecular formula is C13H20N4S. The van der Waals surface area contributed by atoms with Gasteiger partial charge in [0.15, 0.2) is 0 Å². The topological polar surface area (TPSA) is 49.8 Å². The summed E-state index contributed by atoms with van der Waals surface area (Å²) < 4.78 is 0. The summed E-state index contributed by atoms with van der Waals surface area (Å²) in [7, 11) is 0. The first-order valence-corrected chi connectivity index (χ1v) is 7.32. The second kappa shape index (κ2) is 6.00. The number of nitrogens with zero attached hydrogens (tertiary/aromatic N) is 2. The van der Waals surface area contributed by atoms with Crippen molar-refractivity contribution in [3.8, 4) is 0 Å². The van der Waals surface area contributed by atoms with Crippen LogP contribution in [0.3, 0.4) is 0 Å². The number of anilines is 2. The molecular weight excluding hydrogens is 244 g/mol. The van der Waals surface area contributed by atoms with Crippen molar-refractivity contribution in [2.45, 2.75) is 33.6 Å². The maximum Gasteiger partial charge on any atom is 0.226 e. The maximum atomic E-state index is 4.56. The molecule has 2 rings (SSSR count). The molecule has 0 aliphatic carbocycles. The predicted octanol–water partition coefficient (Wildman–Crippen LogP) is 3.64. The van der Waals surface area contributed by atoms with Crippen molar-refractivity contribution in [2.75, 3.05) is 23.7 Å². The van der Waals surface area contributed by atoms with Crippen molar-refractivity contribution in [2.24, 2.45) is 0 Å². The van der Waals surface area contributed by atoms with Crippen LogP contribution in [0.15, 0.2) is 6.07 Å². The first kappa shape index (κ1) is 13.1. The number of aromatic nitrogens is 2. The van der Waals surface area contributed by atoms with Crippen LogP contribution in [0.4, 0.5) is 11.8 Å². The van der Waals surface area contributed by atoms with Crippen molar-refractivity contribution < 1.29 is 0 Å². The Bertz CT molecular complexity index is 521. The van der Waals surface area contributed by atoms with Crippen molar-refractivity contribution in [3.63, 3.8) is 0 Å². The van der Waals surface area contributed by atoms with Gasteiger partial charge in [-0.05, 0) is 25.8 Å². The van der Waals surface area contributed by atoms with Gasteiger partial charge in [-0.3, -0.25) is 0 Å². The first-order chi connectivity index (χ1) is 8.74. The molecule has 5 heteroatoms. The number of nitrogens with one attached hydrogen (secondary N) is 2. The lowest BCUT2D eigenvalue weighted by Gasteiger charge is -2.08. The Morgan fingerprint density at radius 2 is 1.83 bits per heavy atom. The van der Waals surface area contributed by atoms with Crippen molar-refractivity contribution in [1.82, 2.24) is 9.97 Å². The monoisotopic (exact) mass is 264 g/mol. The molecule has 0 aliphatic heterocycles. The summed E-state index contributed by atoms with van der Waals surface area (Å²) in [4.78, 5) is 11.4. The van der Waals surface area contributed by atoms with E-state index in [9.17, 15) is 0 Å². The third-order valence-electron chi connectivity index (χ3n) is 2.59. The van der Waals surface area contributed by atoms with Gasteiger partial charge in [0.25, 0.3) is 0 Å². The van der Waals surface area contributed by atoms with Gasteiger partial charge in [0.05, 0.1) is 5.39 Å². The van der Waals surface area contributed by atoms with E-state index in [1.807, 2.05) is 0 Å². The van der Waals surface area contributed by atoms with E-state index >= 15 is 0 Å². The molecule has 0 amide bonds. The van der Waals surface area contributed by atoms with Gasteiger partial charge in [0.2, 0.25) is 5.95 Å². The van der Waals surface area contributed by atoms with Gasteiger partial charge in [-0.1, -0.05) is 13.8 Å². The van der Waals surface area contributed by atoms with Crippen LogP contribution in [0.25, 0.3) is 10.2 Å². The zero-order valence-corrected chi connectivity index (χ0v) is 12.0. The number of aryl methyl sites for hydroxylation is 1. The fraction of sp³-hybridized carbons (Fsp3) is 0.538. The fourth-order valence-electron chi connectivity index (χ4n) is 1.74. The van der Waals surface area contributed by atoms with Crippen LogP contribution >= 0.6 is 11.3 Å². The molecule has 0 aromatic carbocycles. The molecule has 2 aromatic rings. The molecule has 0 spiro atoms. The number of rotatable bonds is 6. The Morgan fingerprint density at radius 1 is 1.11 bits per heavy atom. The molecule has 4 nitrogen and oxygen atoms in total. The maximum absolute atomic E-state index is 4.56. The van der Waals surface area contributed by atoms with E-state index in [2.05, 4.69) is 47.4 Å². The van der Waals surface area contributed by atoms with Gasteiger partial charge >= 0.3 is 0 Å². The molecule has 0 aliphatic rings. The summed E-state index contributed by atoms with van der Waals surface area (Å²) in [6, 6.07) is 2.15. The van der Waals surface area contributed by atoms with E-state index in [0.717, 1.165) is 47.9 Å². The standard InChI is InChI=1S/C13H20N4S/c1-4-6-14-11-10-8-9(3)18-12(10)17-13(16-11)15-7-5-2/h8H,4-7H2,1-3H3,(H2,14,15,16,17). The van der Waals surface area contributed by atoms with E-state index in [0.29, 0.717) is 0 Å². The van der Waals surface area contributed by atoms with Crippen LogP contribution < -0.4 is 10.6 Å². The second-order valence-corrected chi connectivity index (χ2v) is 5.56. The Morgan fingerprint density at radius 3 is 2.56 bits per heavy atom. The second-order valence-electron chi connectivity index (χ2n) is 4.33. The van der Waals surface area contributed by atoms with Gasteiger partial charge in [-0.25, -0.2) is 4.98 Å². The summed E-state index contributed by atoms with van der Waals surface area (Å²) in [5.41, 5.74) is 0. The lowest BCUT2D eigenvalue weighted by molar-refractivity contribution is 0.947. The summed E-state index contributed by atoms with van der Waals surface area (Å²) >= 11 is 1.72. The quantitative estimate of drug-likeness (QED) is 0.836. The highest BCUT2D eigenvalue weighted by molar-refractivity contribution is 7.18. The molecule has 0 fully saturated rings. The molecule has 0 radical (unpaired) electrons. The van der Waals surface area contributed by atoms with Crippen LogP contribution in [0, 0.1) is 6.92 Å². The van der Waals surface area contributed by atoms with Crippen molar-refractivity contribution in [1.29, 1.82) is 0 Å². The van der Waals surface area contributed by atoms with Gasteiger partial charge < -0.3 is 10.6 Å². The SMILES string of the molecule is CCCNc1nc(NCCC)c2cc(C)sc2n1. The Kier molecular flexibility index (Phi) is 4.36. The molecule has 18 heavy (non-hydrogen) atoms. The molecule has 2 aromatic heterocycles. The van der Waals surface area contributed by atoms with Crippen LogP contribution in [0.2, 0.25) is 0 Å². The van der Waals surface area contributed by atoms with E-state index < -0.39 is 0 Å². The molecule has 2 heterocycles. The minimum atomic E-state index is 0.727. The van der Waals surface area contributed by atoms with Crippen molar-refractivity contribution >= 4 is 33.3 Å². The van der Waals surface area contributed by atoms with E-state index in [-0.39, 0.29) is 0 Å². The van der Waals surface area contributed by atoms with Crippen molar-refractivity contribution in [3.05, 3.63) is 10.9 Å². The summed E-state index contributed by atoms with van der Waals surface area (Å²) in [6.45, 7) is 8.24. The van der Waals surface area contributed by atoms with Gasteiger partial charge in [0, 0.05) is 18.0 Å². The molecule has 2 N–H and O–H groups in total. The van der Waals surface area contributed by atoms with Gasteiger partial charge in [-0.2, -0.15) is 4.98 Å². The molecule has 0 unspecified atom stereocenters. The number of hydrogen-bond donors (Lipinski definition) is 2. The number of hydrogen-bond acceptors (Lipinski definition) is 5. The molecule has 0 atom stereocenters. The van der Waals surface area contributed by atoms with Gasteiger partial charge in [-0.15, -0.1) is 11.3 Å². The van der Waals surface area contributed by atoms with E-state index in [1.54, 1.807) is 11.3 Å². The lowest BCUT2D eigenvalue weighted by Crippen LogP contribution is -2.08. The number of thiophene rings is 1. The molecule has 98 valence electrons. The number of fused-ring (bicyclic) bond motifs is 1. The van der Waals surface area contributed by atoms with Crippen LogP contribution in [-0.4, -0.2) is 23.1 Å². The normalized spacial score (nSPS) is 10.8. The highest BCUT2D eigenvalue weighted by Crippen LogP contribution is 2.29. The minimum absolute atomic E-state index is 0.727. The third kappa shape index (κ3) is 2.90. The summed E-state index contributed by atoms with van der Waals surface area (Å²) in [5, 5.41) is 7.77. The largest absolute Gasteiger partial charge is 0.369 e. The highest BCUT2D eigenvalue weighted by Gasteiger charge is 2.09. The summed E-state index contributed by atoms with van der Waals surface area (Å²) in [5.74, 6) is 1.68. The fourth-order valence-corrected chi connectivity index (χ4v) is 2.62. The molecule has 0 saturated carbocycles. The van der Waals surface area contributed by atoms with Gasteiger partial charge in [0.1, 0.15) is 10.6 Å². The predicted molar refractivity (Wildman–Crippen MR) is 79.7 cm³/mol. The lowest BCUT2D eigenvalue weighted by atomic mass is 10.3. The zero-order chi connectivity index (χ0) is 13.0.